The Labute approximate surface area is 114 Å². The molecule has 0 radical (unpaired) electrons. The Kier molecular flexibility index (Phi) is 3.75. The van der Waals surface area contributed by atoms with Gasteiger partial charge in [-0.05, 0) is 17.5 Å². The molecule has 96 valence electrons. The lowest BCUT2D eigenvalue weighted by Crippen LogP contribution is -2.17. The average Bonchev–Trinajstić information content (AvgIpc) is 2.95. The van der Waals surface area contributed by atoms with Crippen LogP contribution in [-0.2, 0) is 11.3 Å². The molecule has 2 aromatic carbocycles. The average molecular weight is 250 g/mol. The molecule has 0 aliphatic heterocycles. The van der Waals surface area contributed by atoms with Gasteiger partial charge in [0.15, 0.2) is 0 Å². The Morgan fingerprint density at radius 2 is 1.58 bits per heavy atom. The van der Waals surface area contributed by atoms with E-state index < -0.39 is 0 Å². The van der Waals surface area contributed by atoms with Crippen LogP contribution in [0.3, 0.4) is 0 Å². The topological polar surface area (TPSA) is 9.23 Å². The molecule has 19 heavy (non-hydrogen) atoms. The quantitative estimate of drug-likeness (QED) is 0.734. The van der Waals surface area contributed by atoms with Crippen LogP contribution in [0.1, 0.15) is 23.5 Å². The molecule has 0 heterocycles. The molecular weight excluding hydrogens is 232 g/mol. The smallest absolute Gasteiger partial charge is 0.0721 e. The normalized spacial score (nSPS) is 21.7. The van der Waals surface area contributed by atoms with E-state index in [0.29, 0.717) is 12.5 Å². The molecule has 0 saturated carbocycles. The van der Waals surface area contributed by atoms with Gasteiger partial charge in [-0.15, -0.1) is 0 Å². The molecule has 2 aromatic rings. The van der Waals surface area contributed by atoms with Gasteiger partial charge in [0, 0.05) is 5.92 Å². The van der Waals surface area contributed by atoms with E-state index in [0.717, 1.165) is 6.42 Å². The van der Waals surface area contributed by atoms with E-state index in [4.69, 9.17) is 4.74 Å². The van der Waals surface area contributed by atoms with Crippen LogP contribution in [0.4, 0.5) is 0 Å². The van der Waals surface area contributed by atoms with E-state index in [1.807, 2.05) is 6.07 Å². The van der Waals surface area contributed by atoms with Crippen molar-refractivity contribution in [3.05, 3.63) is 83.9 Å². The molecule has 0 saturated heterocycles. The fraction of sp³-hybridized carbons (Fsp3) is 0.222. The van der Waals surface area contributed by atoms with E-state index in [1.165, 1.54) is 11.1 Å². The number of rotatable bonds is 4. The minimum atomic E-state index is 0.266. The first-order chi connectivity index (χ1) is 9.43. The fourth-order valence-electron chi connectivity index (χ4n) is 2.58. The van der Waals surface area contributed by atoms with Crippen LogP contribution >= 0.6 is 0 Å². The van der Waals surface area contributed by atoms with Crippen molar-refractivity contribution in [1.29, 1.82) is 0 Å². The minimum absolute atomic E-state index is 0.266. The molecule has 0 unspecified atom stereocenters. The van der Waals surface area contributed by atoms with Gasteiger partial charge in [-0.1, -0.05) is 72.8 Å². The molecular formula is C18H18O. The Bertz CT molecular complexity index is 530. The van der Waals surface area contributed by atoms with Crippen molar-refractivity contribution >= 4 is 0 Å². The molecule has 1 aliphatic carbocycles. The summed E-state index contributed by atoms with van der Waals surface area (Å²) in [6, 6.07) is 21.0. The lowest BCUT2D eigenvalue weighted by molar-refractivity contribution is 0.0388. The molecule has 0 bridgehead atoms. The van der Waals surface area contributed by atoms with Crippen LogP contribution < -0.4 is 0 Å². The minimum Gasteiger partial charge on any atom is -0.372 e. The Morgan fingerprint density at radius 1 is 0.895 bits per heavy atom. The second-order valence-corrected chi connectivity index (χ2v) is 4.94. The molecule has 0 fully saturated rings. The molecule has 3 rings (SSSR count). The summed E-state index contributed by atoms with van der Waals surface area (Å²) >= 11 is 0. The number of hydrogen-bond acceptors (Lipinski definition) is 1. The van der Waals surface area contributed by atoms with Gasteiger partial charge < -0.3 is 4.74 Å². The first-order valence-electron chi connectivity index (χ1n) is 6.80. The zero-order valence-corrected chi connectivity index (χ0v) is 10.9. The van der Waals surface area contributed by atoms with Crippen LogP contribution in [-0.4, -0.2) is 6.10 Å². The zero-order valence-electron chi connectivity index (χ0n) is 10.9. The molecule has 1 nitrogen and oxygen atoms in total. The van der Waals surface area contributed by atoms with Crippen LogP contribution in [0.25, 0.3) is 0 Å². The van der Waals surface area contributed by atoms with Gasteiger partial charge >= 0.3 is 0 Å². The van der Waals surface area contributed by atoms with Gasteiger partial charge in [0.1, 0.15) is 0 Å². The van der Waals surface area contributed by atoms with Crippen LogP contribution in [0.5, 0.6) is 0 Å². The standard InChI is InChI=1S/C18H18O/c1-3-8-15(9-4-1)14-19-18-13-7-12-17(18)16-10-5-2-6-11-16/h1-12,17-18H,13-14H2/t17-,18+/m0/s1. The Hall–Kier alpha value is -1.86. The maximum Gasteiger partial charge on any atom is 0.0721 e. The van der Waals surface area contributed by atoms with Gasteiger partial charge in [0.2, 0.25) is 0 Å². The van der Waals surface area contributed by atoms with Crippen molar-refractivity contribution in [1.82, 2.24) is 0 Å². The van der Waals surface area contributed by atoms with Crippen molar-refractivity contribution in [3.8, 4) is 0 Å². The first-order valence-corrected chi connectivity index (χ1v) is 6.80. The summed E-state index contributed by atoms with van der Waals surface area (Å²) in [5.41, 5.74) is 2.58. The molecule has 1 heteroatoms. The molecule has 0 spiro atoms. The second kappa shape index (κ2) is 5.85. The lowest BCUT2D eigenvalue weighted by Gasteiger charge is -2.20. The summed E-state index contributed by atoms with van der Waals surface area (Å²) < 4.78 is 6.09. The summed E-state index contributed by atoms with van der Waals surface area (Å²) in [7, 11) is 0. The van der Waals surface area contributed by atoms with E-state index in [-0.39, 0.29) is 6.10 Å². The Balaban J connectivity index is 1.65. The van der Waals surface area contributed by atoms with Crippen molar-refractivity contribution < 1.29 is 4.74 Å². The summed E-state index contributed by atoms with van der Waals surface area (Å²) in [5, 5.41) is 0. The summed E-state index contributed by atoms with van der Waals surface area (Å²) in [6.45, 7) is 0.691. The summed E-state index contributed by atoms with van der Waals surface area (Å²) in [4.78, 5) is 0. The Morgan fingerprint density at radius 3 is 2.32 bits per heavy atom. The molecule has 2 atom stereocenters. The van der Waals surface area contributed by atoms with Crippen LogP contribution in [0.2, 0.25) is 0 Å². The SMILES string of the molecule is C1=C[C@@H](c2ccccc2)[C@H](OCc2ccccc2)C1. The maximum atomic E-state index is 6.09. The number of ether oxygens (including phenoxy) is 1. The molecule has 0 aromatic heterocycles. The highest BCUT2D eigenvalue weighted by Crippen LogP contribution is 2.31. The number of hydrogen-bond donors (Lipinski definition) is 0. The van der Waals surface area contributed by atoms with E-state index in [2.05, 4.69) is 66.7 Å². The molecule has 0 N–H and O–H groups in total. The lowest BCUT2D eigenvalue weighted by atomic mass is 9.96. The third kappa shape index (κ3) is 2.94. The van der Waals surface area contributed by atoms with Gasteiger partial charge in [-0.2, -0.15) is 0 Å². The van der Waals surface area contributed by atoms with Crippen molar-refractivity contribution in [2.45, 2.75) is 25.0 Å². The molecule has 1 aliphatic rings. The van der Waals surface area contributed by atoms with Crippen LogP contribution in [0.15, 0.2) is 72.8 Å². The fourth-order valence-corrected chi connectivity index (χ4v) is 2.58. The van der Waals surface area contributed by atoms with Crippen molar-refractivity contribution in [2.75, 3.05) is 0 Å². The number of benzene rings is 2. The first kappa shape index (κ1) is 12.2. The van der Waals surface area contributed by atoms with Gasteiger partial charge in [0.05, 0.1) is 12.7 Å². The van der Waals surface area contributed by atoms with E-state index in [9.17, 15) is 0 Å². The van der Waals surface area contributed by atoms with E-state index in [1.54, 1.807) is 0 Å². The van der Waals surface area contributed by atoms with Gasteiger partial charge in [-0.3, -0.25) is 0 Å². The highest BCUT2D eigenvalue weighted by atomic mass is 16.5. The predicted molar refractivity (Wildman–Crippen MR) is 78.0 cm³/mol. The van der Waals surface area contributed by atoms with Gasteiger partial charge in [0.25, 0.3) is 0 Å². The highest BCUT2D eigenvalue weighted by molar-refractivity contribution is 5.28. The van der Waals surface area contributed by atoms with Crippen LogP contribution in [0, 0.1) is 0 Å². The predicted octanol–water partition coefficient (Wildman–Crippen LogP) is 4.32. The largest absolute Gasteiger partial charge is 0.372 e. The van der Waals surface area contributed by atoms with Crippen molar-refractivity contribution in [2.24, 2.45) is 0 Å². The third-order valence-corrected chi connectivity index (χ3v) is 3.60. The van der Waals surface area contributed by atoms with Crippen molar-refractivity contribution in [3.63, 3.8) is 0 Å². The zero-order chi connectivity index (χ0) is 12.9. The van der Waals surface area contributed by atoms with Gasteiger partial charge in [-0.25, -0.2) is 0 Å². The maximum absolute atomic E-state index is 6.09. The summed E-state index contributed by atoms with van der Waals surface area (Å²) in [5.74, 6) is 0.393. The monoisotopic (exact) mass is 250 g/mol. The molecule has 0 amide bonds. The third-order valence-electron chi connectivity index (χ3n) is 3.60. The highest BCUT2D eigenvalue weighted by Gasteiger charge is 2.24. The second-order valence-electron chi connectivity index (χ2n) is 4.94. The summed E-state index contributed by atoms with van der Waals surface area (Å²) in [6.07, 6.45) is 5.77. The van der Waals surface area contributed by atoms with E-state index >= 15 is 0 Å².